The number of aromatic carboxylic acids is 1. The SMILES string of the molecule is O=C(O)c1c(NC(=O)C(F)(F)F)n[nH]c1OCCO. The van der Waals surface area contributed by atoms with Crippen LogP contribution in [0, 0.1) is 0 Å². The van der Waals surface area contributed by atoms with Gasteiger partial charge in [-0.25, -0.2) is 9.89 Å². The van der Waals surface area contributed by atoms with Gasteiger partial charge in [0, 0.05) is 0 Å². The van der Waals surface area contributed by atoms with E-state index in [0.29, 0.717) is 0 Å². The summed E-state index contributed by atoms with van der Waals surface area (Å²) in [4.78, 5) is 21.5. The third-order valence-corrected chi connectivity index (χ3v) is 1.77. The molecule has 0 bridgehead atoms. The van der Waals surface area contributed by atoms with Gasteiger partial charge in [-0.3, -0.25) is 4.79 Å². The molecule has 1 amide bonds. The number of H-pyrrole nitrogens is 1. The van der Waals surface area contributed by atoms with Crippen molar-refractivity contribution in [3.05, 3.63) is 5.56 Å². The van der Waals surface area contributed by atoms with Crippen molar-refractivity contribution in [1.82, 2.24) is 10.2 Å². The third kappa shape index (κ3) is 3.58. The molecule has 0 spiro atoms. The molecule has 0 unspecified atom stereocenters. The predicted molar refractivity (Wildman–Crippen MR) is 52.8 cm³/mol. The summed E-state index contributed by atoms with van der Waals surface area (Å²) in [6.07, 6.45) is -5.18. The van der Waals surface area contributed by atoms with Crippen LogP contribution in [0.15, 0.2) is 0 Å². The smallest absolute Gasteiger partial charge is 0.471 e. The van der Waals surface area contributed by atoms with Crippen LogP contribution in [0.5, 0.6) is 5.88 Å². The summed E-state index contributed by atoms with van der Waals surface area (Å²) in [7, 11) is 0. The summed E-state index contributed by atoms with van der Waals surface area (Å²) in [5.74, 6) is -5.32. The fourth-order valence-electron chi connectivity index (χ4n) is 1.05. The van der Waals surface area contributed by atoms with Crippen molar-refractivity contribution in [1.29, 1.82) is 0 Å². The van der Waals surface area contributed by atoms with Crippen LogP contribution < -0.4 is 10.1 Å². The highest BCUT2D eigenvalue weighted by Crippen LogP contribution is 2.25. The number of carbonyl (C=O) groups excluding carboxylic acids is 1. The van der Waals surface area contributed by atoms with Crippen LogP contribution in [-0.4, -0.2) is 51.7 Å². The Morgan fingerprint density at radius 2 is 2.05 bits per heavy atom. The van der Waals surface area contributed by atoms with Gasteiger partial charge in [-0.05, 0) is 0 Å². The molecule has 0 saturated carbocycles. The summed E-state index contributed by atoms with van der Waals surface area (Å²) >= 11 is 0. The Balaban J connectivity index is 2.99. The van der Waals surface area contributed by atoms with Gasteiger partial charge >= 0.3 is 18.1 Å². The monoisotopic (exact) mass is 283 g/mol. The molecule has 0 atom stereocenters. The van der Waals surface area contributed by atoms with Crippen LogP contribution in [0.4, 0.5) is 19.0 Å². The number of hydrogen-bond donors (Lipinski definition) is 4. The Morgan fingerprint density at radius 3 is 2.53 bits per heavy atom. The minimum atomic E-state index is -5.18. The number of aromatic amines is 1. The number of carboxylic acids is 1. The van der Waals surface area contributed by atoms with Gasteiger partial charge in [0.2, 0.25) is 5.88 Å². The normalized spacial score (nSPS) is 11.2. The second-order valence-electron chi connectivity index (χ2n) is 3.11. The lowest BCUT2D eigenvalue weighted by atomic mass is 10.3. The van der Waals surface area contributed by atoms with Crippen LogP contribution in [0.3, 0.4) is 0 Å². The van der Waals surface area contributed by atoms with Crippen LogP contribution in [-0.2, 0) is 4.79 Å². The van der Waals surface area contributed by atoms with Crippen molar-refractivity contribution < 1.29 is 37.7 Å². The lowest BCUT2D eigenvalue weighted by molar-refractivity contribution is -0.167. The van der Waals surface area contributed by atoms with Gasteiger partial charge in [-0.2, -0.15) is 18.3 Å². The number of nitrogens with zero attached hydrogens (tertiary/aromatic N) is 1. The minimum absolute atomic E-state index is 0.296. The van der Waals surface area contributed by atoms with Crippen LogP contribution in [0.1, 0.15) is 10.4 Å². The molecule has 1 aromatic heterocycles. The zero-order valence-electron chi connectivity index (χ0n) is 9.11. The Labute approximate surface area is 103 Å². The van der Waals surface area contributed by atoms with Crippen molar-refractivity contribution in [2.45, 2.75) is 6.18 Å². The number of rotatable bonds is 5. The number of amides is 1. The molecular formula is C8H8F3N3O5. The van der Waals surface area contributed by atoms with Gasteiger partial charge in [0.15, 0.2) is 11.4 Å². The molecule has 0 fully saturated rings. The number of aromatic nitrogens is 2. The Morgan fingerprint density at radius 1 is 1.42 bits per heavy atom. The van der Waals surface area contributed by atoms with Gasteiger partial charge < -0.3 is 20.3 Å². The summed E-state index contributed by atoms with van der Waals surface area (Å²) < 4.78 is 40.8. The molecule has 0 aromatic carbocycles. The number of carboxylic acid groups (broad SMARTS) is 1. The van der Waals surface area contributed by atoms with E-state index in [1.807, 2.05) is 5.10 Å². The first kappa shape index (κ1) is 14.8. The highest BCUT2D eigenvalue weighted by Gasteiger charge is 2.40. The average molecular weight is 283 g/mol. The molecule has 19 heavy (non-hydrogen) atoms. The molecular weight excluding hydrogens is 275 g/mol. The van der Waals surface area contributed by atoms with Crippen LogP contribution in [0.2, 0.25) is 0 Å². The Hall–Kier alpha value is -2.30. The van der Waals surface area contributed by atoms with E-state index in [2.05, 4.69) is 5.10 Å². The zero-order valence-corrected chi connectivity index (χ0v) is 9.11. The highest BCUT2D eigenvalue weighted by molar-refractivity contribution is 6.02. The number of aliphatic hydroxyl groups excluding tert-OH is 1. The Kier molecular flexibility index (Phi) is 4.32. The zero-order chi connectivity index (χ0) is 14.6. The Bertz CT molecular complexity index is 484. The van der Waals surface area contributed by atoms with Gasteiger partial charge in [-0.1, -0.05) is 0 Å². The van der Waals surface area contributed by atoms with Crippen molar-refractivity contribution in [2.24, 2.45) is 0 Å². The van der Waals surface area contributed by atoms with Crippen molar-refractivity contribution in [3.8, 4) is 5.88 Å². The van der Waals surface area contributed by atoms with Crippen LogP contribution >= 0.6 is 0 Å². The van der Waals surface area contributed by atoms with E-state index in [-0.39, 0.29) is 6.61 Å². The van der Waals surface area contributed by atoms with E-state index in [4.69, 9.17) is 14.9 Å². The maximum atomic E-state index is 12.0. The molecule has 106 valence electrons. The second kappa shape index (κ2) is 5.56. The molecule has 0 radical (unpaired) electrons. The molecule has 1 heterocycles. The van der Waals surface area contributed by atoms with E-state index in [9.17, 15) is 22.8 Å². The number of alkyl halides is 3. The maximum absolute atomic E-state index is 12.0. The second-order valence-corrected chi connectivity index (χ2v) is 3.11. The van der Waals surface area contributed by atoms with Crippen molar-refractivity contribution in [2.75, 3.05) is 18.5 Å². The first-order valence-electron chi connectivity index (χ1n) is 4.71. The fraction of sp³-hybridized carbons (Fsp3) is 0.375. The standard InChI is InChI=1S/C8H8F3N3O5/c9-8(10,11)7(18)12-4-3(6(16)17)5(14-13-4)19-2-1-15/h15H,1-2H2,(H,16,17)(H2,12,13,14,18). The van der Waals surface area contributed by atoms with Gasteiger partial charge in [0.05, 0.1) is 6.61 Å². The molecule has 0 aliphatic rings. The largest absolute Gasteiger partial charge is 0.477 e. The van der Waals surface area contributed by atoms with E-state index < -0.39 is 41.9 Å². The predicted octanol–water partition coefficient (Wildman–Crippen LogP) is -0.0202. The summed E-state index contributed by atoms with van der Waals surface area (Å²) in [5, 5.41) is 23.8. The molecule has 11 heteroatoms. The number of anilines is 1. The maximum Gasteiger partial charge on any atom is 0.471 e. The number of halogens is 3. The molecule has 4 N–H and O–H groups in total. The lowest BCUT2D eigenvalue weighted by Gasteiger charge is -2.06. The van der Waals surface area contributed by atoms with Crippen LogP contribution in [0.25, 0.3) is 0 Å². The number of ether oxygens (including phenoxy) is 1. The van der Waals surface area contributed by atoms with Gasteiger partial charge in [0.25, 0.3) is 0 Å². The van der Waals surface area contributed by atoms with E-state index in [1.54, 1.807) is 0 Å². The third-order valence-electron chi connectivity index (χ3n) is 1.77. The first-order chi connectivity index (χ1) is 8.77. The lowest BCUT2D eigenvalue weighted by Crippen LogP contribution is -2.30. The topological polar surface area (TPSA) is 125 Å². The number of carbonyl (C=O) groups is 2. The minimum Gasteiger partial charge on any atom is -0.477 e. The van der Waals surface area contributed by atoms with Gasteiger partial charge in [0.1, 0.15) is 6.61 Å². The fourth-order valence-corrected chi connectivity index (χ4v) is 1.05. The molecule has 1 aromatic rings. The number of hydrogen-bond acceptors (Lipinski definition) is 5. The molecule has 1 rings (SSSR count). The van der Waals surface area contributed by atoms with E-state index >= 15 is 0 Å². The summed E-state index contributed by atoms with van der Waals surface area (Å²) in [5.41, 5.74) is -0.772. The first-order valence-corrected chi connectivity index (χ1v) is 4.71. The average Bonchev–Trinajstić information content (AvgIpc) is 2.68. The van der Waals surface area contributed by atoms with Crippen molar-refractivity contribution >= 4 is 17.7 Å². The summed E-state index contributed by atoms with van der Waals surface area (Å²) in [6.45, 7) is -0.739. The molecule has 0 aliphatic heterocycles. The molecule has 0 aliphatic carbocycles. The number of nitrogens with one attached hydrogen (secondary N) is 2. The molecule has 8 nitrogen and oxygen atoms in total. The van der Waals surface area contributed by atoms with Crippen molar-refractivity contribution in [3.63, 3.8) is 0 Å². The molecule has 0 saturated heterocycles. The number of aliphatic hydroxyl groups is 1. The van der Waals surface area contributed by atoms with Gasteiger partial charge in [-0.15, -0.1) is 0 Å². The summed E-state index contributed by atoms with van der Waals surface area (Å²) in [6, 6.07) is 0. The quantitative estimate of drug-likeness (QED) is 0.602. The van der Waals surface area contributed by atoms with E-state index in [0.717, 1.165) is 0 Å². The highest BCUT2D eigenvalue weighted by atomic mass is 19.4. The van der Waals surface area contributed by atoms with E-state index in [1.165, 1.54) is 5.32 Å².